The van der Waals surface area contributed by atoms with Gasteiger partial charge in [0.2, 0.25) is 0 Å². The summed E-state index contributed by atoms with van der Waals surface area (Å²) in [7, 11) is 0. The first kappa shape index (κ1) is 18.1. The quantitative estimate of drug-likeness (QED) is 0.449. The molecular weight excluding hydrogens is 322 g/mol. The fraction of sp³-hybridized carbons (Fsp3) is 0.350. The summed E-state index contributed by atoms with van der Waals surface area (Å²) in [5.74, 6) is 1.47. The Morgan fingerprint density at radius 2 is 1.70 bits per heavy atom. The molecule has 0 amide bonds. The second-order valence-corrected chi connectivity index (χ2v) is 7.58. The Morgan fingerprint density at radius 3 is 2.30 bits per heavy atom. The predicted molar refractivity (Wildman–Crippen MR) is 104 cm³/mol. The van der Waals surface area contributed by atoms with Crippen LogP contribution >= 0.6 is 23.4 Å². The SMILES string of the molecule is Cc1cccc(C)c1SC[C@@H](N=Cc1ccccc1Cl)C(C)C. The van der Waals surface area contributed by atoms with Crippen LogP contribution in [0.2, 0.25) is 5.02 Å². The van der Waals surface area contributed by atoms with E-state index in [1.807, 2.05) is 42.2 Å². The highest BCUT2D eigenvalue weighted by Crippen LogP contribution is 2.28. The topological polar surface area (TPSA) is 12.4 Å². The molecule has 2 aromatic carbocycles. The molecule has 0 aromatic heterocycles. The average molecular weight is 346 g/mol. The van der Waals surface area contributed by atoms with Crippen LogP contribution in [-0.2, 0) is 0 Å². The van der Waals surface area contributed by atoms with E-state index in [-0.39, 0.29) is 6.04 Å². The number of thioether (sulfide) groups is 1. The third kappa shape index (κ3) is 5.12. The Hall–Kier alpha value is -1.25. The number of hydrogen-bond acceptors (Lipinski definition) is 2. The molecule has 122 valence electrons. The molecule has 0 fully saturated rings. The fourth-order valence-corrected chi connectivity index (χ4v) is 3.94. The van der Waals surface area contributed by atoms with E-state index in [1.165, 1.54) is 16.0 Å². The van der Waals surface area contributed by atoms with Gasteiger partial charge in [0.25, 0.3) is 0 Å². The molecule has 0 heterocycles. The summed E-state index contributed by atoms with van der Waals surface area (Å²) in [5, 5.41) is 0.751. The normalized spacial score (nSPS) is 13.0. The largest absolute Gasteiger partial charge is 0.288 e. The van der Waals surface area contributed by atoms with E-state index in [0.717, 1.165) is 16.3 Å². The number of aliphatic imine (C=N–C) groups is 1. The first-order valence-corrected chi connectivity index (χ1v) is 9.32. The van der Waals surface area contributed by atoms with Crippen molar-refractivity contribution in [2.75, 3.05) is 5.75 Å². The van der Waals surface area contributed by atoms with Crippen molar-refractivity contribution < 1.29 is 0 Å². The zero-order chi connectivity index (χ0) is 16.8. The smallest absolute Gasteiger partial charge is 0.0616 e. The lowest BCUT2D eigenvalue weighted by molar-refractivity contribution is 0.539. The lowest BCUT2D eigenvalue weighted by Gasteiger charge is -2.17. The van der Waals surface area contributed by atoms with Crippen molar-refractivity contribution in [2.45, 2.75) is 38.6 Å². The Labute approximate surface area is 149 Å². The highest BCUT2D eigenvalue weighted by Gasteiger charge is 2.13. The van der Waals surface area contributed by atoms with Gasteiger partial charge in [-0.2, -0.15) is 0 Å². The molecule has 0 saturated heterocycles. The molecule has 3 heteroatoms. The summed E-state index contributed by atoms with van der Waals surface area (Å²) in [4.78, 5) is 6.18. The van der Waals surface area contributed by atoms with Crippen molar-refractivity contribution >= 4 is 29.6 Å². The van der Waals surface area contributed by atoms with E-state index in [4.69, 9.17) is 16.6 Å². The molecule has 0 radical (unpaired) electrons. The van der Waals surface area contributed by atoms with Crippen LogP contribution in [0.25, 0.3) is 0 Å². The van der Waals surface area contributed by atoms with Gasteiger partial charge in [0.15, 0.2) is 0 Å². The Morgan fingerprint density at radius 1 is 1.04 bits per heavy atom. The minimum Gasteiger partial charge on any atom is -0.288 e. The van der Waals surface area contributed by atoms with Crippen molar-refractivity contribution in [1.29, 1.82) is 0 Å². The first-order valence-electron chi connectivity index (χ1n) is 7.95. The predicted octanol–water partition coefficient (Wildman–Crippen LogP) is 6.19. The molecule has 23 heavy (non-hydrogen) atoms. The molecule has 0 unspecified atom stereocenters. The number of nitrogens with zero attached hydrogens (tertiary/aromatic N) is 1. The third-order valence-electron chi connectivity index (χ3n) is 3.89. The first-order chi connectivity index (χ1) is 11.0. The summed E-state index contributed by atoms with van der Waals surface area (Å²) >= 11 is 8.11. The zero-order valence-electron chi connectivity index (χ0n) is 14.2. The number of hydrogen-bond donors (Lipinski definition) is 0. The van der Waals surface area contributed by atoms with E-state index in [1.54, 1.807) is 0 Å². The Balaban J connectivity index is 2.09. The Kier molecular flexibility index (Phi) is 6.73. The van der Waals surface area contributed by atoms with Gasteiger partial charge >= 0.3 is 0 Å². The van der Waals surface area contributed by atoms with Gasteiger partial charge in [0, 0.05) is 27.4 Å². The van der Waals surface area contributed by atoms with Gasteiger partial charge in [-0.15, -0.1) is 11.8 Å². The van der Waals surface area contributed by atoms with Crippen molar-refractivity contribution in [2.24, 2.45) is 10.9 Å². The number of benzene rings is 2. The van der Waals surface area contributed by atoms with E-state index in [2.05, 4.69) is 45.9 Å². The van der Waals surface area contributed by atoms with Gasteiger partial charge in [0.05, 0.1) is 6.04 Å². The summed E-state index contributed by atoms with van der Waals surface area (Å²) < 4.78 is 0. The second kappa shape index (κ2) is 8.56. The van der Waals surface area contributed by atoms with Gasteiger partial charge < -0.3 is 0 Å². The monoisotopic (exact) mass is 345 g/mol. The Bertz CT molecular complexity index is 659. The van der Waals surface area contributed by atoms with Crippen LogP contribution in [0, 0.1) is 19.8 Å². The van der Waals surface area contributed by atoms with Crippen LogP contribution in [0.15, 0.2) is 52.4 Å². The zero-order valence-corrected chi connectivity index (χ0v) is 15.8. The molecule has 0 aliphatic carbocycles. The maximum atomic E-state index is 6.21. The standard InChI is InChI=1S/C20H24ClNS/c1-14(2)19(22-12-17-10-5-6-11-18(17)21)13-23-20-15(3)8-7-9-16(20)4/h5-12,14,19H,13H2,1-4H3/t19-/m1/s1. The fourth-order valence-electron chi connectivity index (χ4n) is 2.36. The van der Waals surface area contributed by atoms with Crippen LogP contribution in [0.5, 0.6) is 0 Å². The minimum absolute atomic E-state index is 0.273. The third-order valence-corrected chi connectivity index (χ3v) is 5.67. The number of halogens is 1. The van der Waals surface area contributed by atoms with Crippen LogP contribution in [-0.4, -0.2) is 18.0 Å². The summed E-state index contributed by atoms with van der Waals surface area (Å²) in [6, 6.07) is 14.6. The number of aryl methyl sites for hydroxylation is 2. The van der Waals surface area contributed by atoms with E-state index in [9.17, 15) is 0 Å². The number of rotatable bonds is 6. The maximum absolute atomic E-state index is 6.21. The summed E-state index contributed by atoms with van der Waals surface area (Å²) in [5.41, 5.74) is 3.66. The van der Waals surface area contributed by atoms with E-state index in [0.29, 0.717) is 5.92 Å². The highest BCUT2D eigenvalue weighted by atomic mass is 35.5. The highest BCUT2D eigenvalue weighted by molar-refractivity contribution is 7.99. The van der Waals surface area contributed by atoms with Crippen molar-refractivity contribution in [3.05, 3.63) is 64.2 Å². The second-order valence-electron chi connectivity index (χ2n) is 6.14. The van der Waals surface area contributed by atoms with Gasteiger partial charge in [0.1, 0.15) is 0 Å². The molecule has 0 bridgehead atoms. The van der Waals surface area contributed by atoms with E-state index < -0.39 is 0 Å². The summed E-state index contributed by atoms with van der Waals surface area (Å²) in [6.07, 6.45) is 1.91. The molecule has 0 aliphatic rings. The average Bonchev–Trinajstić information content (AvgIpc) is 2.50. The maximum Gasteiger partial charge on any atom is 0.0616 e. The molecule has 2 rings (SSSR count). The van der Waals surface area contributed by atoms with Crippen molar-refractivity contribution in [3.8, 4) is 0 Å². The molecule has 2 aromatic rings. The summed E-state index contributed by atoms with van der Waals surface area (Å²) in [6.45, 7) is 8.79. The van der Waals surface area contributed by atoms with Crippen LogP contribution < -0.4 is 0 Å². The lowest BCUT2D eigenvalue weighted by atomic mass is 10.1. The van der Waals surface area contributed by atoms with Gasteiger partial charge in [-0.25, -0.2) is 0 Å². The van der Waals surface area contributed by atoms with E-state index >= 15 is 0 Å². The lowest BCUT2D eigenvalue weighted by Crippen LogP contribution is -2.16. The molecule has 0 spiro atoms. The minimum atomic E-state index is 0.273. The van der Waals surface area contributed by atoms with Crippen molar-refractivity contribution in [3.63, 3.8) is 0 Å². The molecule has 0 saturated carbocycles. The van der Waals surface area contributed by atoms with Gasteiger partial charge in [-0.1, -0.05) is 61.8 Å². The van der Waals surface area contributed by atoms with Crippen LogP contribution in [0.1, 0.15) is 30.5 Å². The van der Waals surface area contributed by atoms with Gasteiger partial charge in [-0.05, 0) is 37.0 Å². The molecule has 0 aliphatic heterocycles. The van der Waals surface area contributed by atoms with Gasteiger partial charge in [-0.3, -0.25) is 4.99 Å². The van der Waals surface area contributed by atoms with Crippen LogP contribution in [0.4, 0.5) is 0 Å². The molecule has 0 N–H and O–H groups in total. The van der Waals surface area contributed by atoms with Crippen LogP contribution in [0.3, 0.4) is 0 Å². The van der Waals surface area contributed by atoms with Crippen molar-refractivity contribution in [1.82, 2.24) is 0 Å². The molecular formula is C20H24ClNS. The molecule has 1 atom stereocenters. The molecule has 1 nitrogen and oxygen atoms in total.